The molecule has 0 aliphatic heterocycles. The molecule has 0 saturated carbocycles. The predicted molar refractivity (Wildman–Crippen MR) is 202 cm³/mol. The number of rotatable bonds is 10. The Kier molecular flexibility index (Phi) is 20.0. The molecule has 0 heterocycles. The molecule has 0 atom stereocenters. The van der Waals surface area contributed by atoms with Crippen molar-refractivity contribution in [2.24, 2.45) is 20.5 Å². The van der Waals surface area contributed by atoms with E-state index in [4.69, 9.17) is 0 Å². The van der Waals surface area contributed by atoms with E-state index in [1.165, 1.54) is 72.8 Å². The molecule has 6 rings (SSSR count). The first kappa shape index (κ1) is 56.9. The third-order valence-corrected chi connectivity index (χ3v) is 11.9. The molecule has 1 N–H and O–H groups in total. The monoisotopic (exact) mass is 969 g/mol. The molecule has 19 nitrogen and oxygen atoms in total. The maximum Gasteiger partial charge on any atom is 1.00 e. The Hall–Kier alpha value is -2.18. The number of hydrogen-bond acceptors (Lipinski definition) is 18. The number of benzene rings is 6. The fourth-order valence-corrected chi connectivity index (χ4v) is 8.34. The topological polar surface area (TPSA) is 324 Å². The maximum atomic E-state index is 13.0. The zero-order valence-corrected chi connectivity index (χ0v) is 45.1. The molecule has 2 amide bonds. The molecule has 0 saturated heterocycles. The summed E-state index contributed by atoms with van der Waals surface area (Å²) in [6, 6.07) is 18.8. The molecule has 0 bridgehead atoms. The summed E-state index contributed by atoms with van der Waals surface area (Å²) in [7, 11) is -20.6. The first-order valence-electron chi connectivity index (χ1n) is 16.3. The SMILES string of the molecule is Cc1cc(C(=O)NC(=O)c2ccc(N=Nc3ccc4cc(S(=O)(=O)[O-])cc(S(=O)(=O)[O-])c4c3)c(C)c2)ccc1N=Nc1ccc2cc(S(=O)(=O)[O-])cc(S(=O)(=O)[O-])c2c1.[Na+].[Na+].[Na+].[Na+]. The Morgan fingerprint density at radius 1 is 0.444 bits per heavy atom. The van der Waals surface area contributed by atoms with Crippen molar-refractivity contribution in [3.63, 3.8) is 0 Å². The minimum atomic E-state index is -5.21. The van der Waals surface area contributed by atoms with Gasteiger partial charge in [-0.05, 0) is 121 Å². The molecule has 0 unspecified atom stereocenters. The Morgan fingerprint density at radius 2 is 0.794 bits per heavy atom. The van der Waals surface area contributed by atoms with E-state index in [1.54, 1.807) is 13.8 Å². The van der Waals surface area contributed by atoms with Gasteiger partial charge in [-0.1, -0.05) is 12.1 Å². The van der Waals surface area contributed by atoms with Crippen molar-refractivity contribution >= 4 is 96.6 Å². The largest absolute Gasteiger partial charge is 1.00 e. The number of nitrogens with zero attached hydrogens (tertiary/aromatic N) is 4. The Bertz CT molecular complexity index is 3120. The standard InChI is InChI=1S/C36H27N5O14S4.4Na/c1-19-11-23(5-9-31(19)40-38-25-7-3-21-13-27(56(44,45)46)17-33(29(21)15-25)58(50,51)52)35(42)37-36(43)24-6-10-32(20(2)12-24)41-39-26-8-4-22-14-28(57(47,48)49)18-34(30(22)16-26)59(53,54)55;;;;/h3-18H,1-2H3,(H,37,42,43)(H,44,45,46)(H,47,48,49)(H,50,51,52)(H,53,54,55);;;;/q;4*+1/p-4. The van der Waals surface area contributed by atoms with E-state index >= 15 is 0 Å². The molecular weight excluding hydrogens is 947 g/mol. The number of fused-ring (bicyclic) bond motifs is 2. The van der Waals surface area contributed by atoms with E-state index in [2.05, 4.69) is 25.8 Å². The molecule has 0 spiro atoms. The van der Waals surface area contributed by atoms with Crippen LogP contribution in [-0.4, -0.2) is 63.7 Å². The number of azo groups is 2. The van der Waals surface area contributed by atoms with Crippen molar-refractivity contribution in [1.82, 2.24) is 5.32 Å². The second-order valence-electron chi connectivity index (χ2n) is 12.7. The van der Waals surface area contributed by atoms with Crippen molar-refractivity contribution in [3.05, 3.63) is 119 Å². The first-order valence-corrected chi connectivity index (χ1v) is 21.9. The minimum Gasteiger partial charge on any atom is -0.744 e. The number of hydrogen-bond donors (Lipinski definition) is 1. The van der Waals surface area contributed by atoms with Gasteiger partial charge in [-0.2, -0.15) is 20.5 Å². The van der Waals surface area contributed by atoms with Gasteiger partial charge in [-0.25, -0.2) is 33.7 Å². The van der Waals surface area contributed by atoms with Gasteiger partial charge in [0.2, 0.25) is 0 Å². The van der Waals surface area contributed by atoms with Gasteiger partial charge in [0.15, 0.2) is 0 Å². The van der Waals surface area contributed by atoms with E-state index in [0.717, 1.165) is 12.1 Å². The molecule has 6 aromatic rings. The fraction of sp³-hybridized carbons (Fsp3) is 0.0556. The van der Waals surface area contributed by atoms with Crippen LogP contribution in [0.5, 0.6) is 0 Å². The van der Waals surface area contributed by atoms with Gasteiger partial charge >= 0.3 is 118 Å². The van der Waals surface area contributed by atoms with E-state index in [-0.39, 0.29) is 174 Å². The fourth-order valence-electron chi connectivity index (χ4n) is 5.69. The predicted octanol–water partition coefficient (Wildman–Crippen LogP) is -6.36. The second-order valence-corrected chi connectivity index (χ2v) is 18.1. The molecule has 0 aliphatic rings. The van der Waals surface area contributed by atoms with E-state index in [1.807, 2.05) is 0 Å². The van der Waals surface area contributed by atoms with Gasteiger partial charge in [0.25, 0.3) is 11.8 Å². The van der Waals surface area contributed by atoms with Gasteiger partial charge in [-0.3, -0.25) is 14.9 Å². The van der Waals surface area contributed by atoms with Crippen LogP contribution in [0.2, 0.25) is 0 Å². The van der Waals surface area contributed by atoms with Crippen LogP contribution in [0, 0.1) is 13.8 Å². The van der Waals surface area contributed by atoms with E-state index in [0.29, 0.717) is 23.3 Å². The molecule has 0 aromatic heterocycles. The molecule has 0 aliphatic carbocycles. The average Bonchev–Trinajstić information content (AvgIpc) is 3.14. The number of aryl methyl sites for hydroxylation is 2. The summed E-state index contributed by atoms with van der Waals surface area (Å²) in [4.78, 5) is 22.3. The van der Waals surface area contributed by atoms with Crippen molar-refractivity contribution in [2.45, 2.75) is 33.4 Å². The van der Waals surface area contributed by atoms with Crippen LogP contribution in [0.1, 0.15) is 31.8 Å². The quantitative estimate of drug-likeness (QED) is 0.0578. The van der Waals surface area contributed by atoms with Crippen LogP contribution < -0.4 is 124 Å². The van der Waals surface area contributed by atoms with Gasteiger partial charge < -0.3 is 18.2 Å². The zero-order chi connectivity index (χ0) is 43.2. The summed E-state index contributed by atoms with van der Waals surface area (Å²) in [5.74, 6) is -1.53. The summed E-state index contributed by atoms with van der Waals surface area (Å²) in [5, 5.41) is 18.1. The van der Waals surface area contributed by atoms with Crippen LogP contribution in [0.15, 0.2) is 137 Å². The normalized spacial score (nSPS) is 12.0. The molecule has 27 heteroatoms. The van der Waals surface area contributed by atoms with Gasteiger partial charge in [0, 0.05) is 21.9 Å². The number of carbonyl (C=O) groups is 2. The smallest absolute Gasteiger partial charge is 0.744 e. The van der Waals surface area contributed by atoms with E-state index < -0.39 is 71.9 Å². The number of imide groups is 1. The van der Waals surface area contributed by atoms with Gasteiger partial charge in [0.1, 0.15) is 40.5 Å². The molecule has 0 radical (unpaired) electrons. The molecule has 0 fully saturated rings. The maximum absolute atomic E-state index is 13.0. The summed E-state index contributed by atoms with van der Waals surface area (Å²) >= 11 is 0. The van der Waals surface area contributed by atoms with E-state index in [9.17, 15) is 61.5 Å². The van der Waals surface area contributed by atoms with Crippen LogP contribution in [0.3, 0.4) is 0 Å². The van der Waals surface area contributed by atoms with Crippen molar-refractivity contribution in [1.29, 1.82) is 0 Å². The first-order chi connectivity index (χ1) is 27.4. The number of carbonyl (C=O) groups excluding carboxylic acids is 2. The third kappa shape index (κ3) is 13.9. The zero-order valence-electron chi connectivity index (χ0n) is 33.9. The number of nitrogens with one attached hydrogen (secondary N) is 1. The molecule has 304 valence electrons. The van der Waals surface area contributed by atoms with Crippen LogP contribution >= 0.6 is 0 Å². The van der Waals surface area contributed by atoms with Crippen molar-refractivity contribution in [3.8, 4) is 0 Å². The Labute approximate surface area is 448 Å². The van der Waals surface area contributed by atoms with Crippen molar-refractivity contribution < 1.29 is 180 Å². The summed E-state index contributed by atoms with van der Waals surface area (Å²) in [6.45, 7) is 3.19. The van der Waals surface area contributed by atoms with Crippen LogP contribution in [0.4, 0.5) is 22.7 Å². The third-order valence-electron chi connectivity index (χ3n) is 8.55. The molecule has 63 heavy (non-hydrogen) atoms. The number of amides is 2. The van der Waals surface area contributed by atoms with Crippen LogP contribution in [-0.2, 0) is 40.5 Å². The van der Waals surface area contributed by atoms with Gasteiger partial charge in [0.05, 0.1) is 42.3 Å². The Balaban J connectivity index is 0.00000341. The van der Waals surface area contributed by atoms with Crippen LogP contribution in [0.25, 0.3) is 21.5 Å². The summed E-state index contributed by atoms with van der Waals surface area (Å²) < 4.78 is 140. The Morgan fingerprint density at radius 3 is 1.10 bits per heavy atom. The van der Waals surface area contributed by atoms with Gasteiger partial charge in [-0.15, -0.1) is 0 Å². The molecular formula is C36H23N5Na4O14S4. The second kappa shape index (κ2) is 22.1. The molecule has 6 aromatic carbocycles. The minimum absolute atomic E-state index is 0. The summed E-state index contributed by atoms with van der Waals surface area (Å²) in [6.07, 6.45) is 0. The summed E-state index contributed by atoms with van der Waals surface area (Å²) in [5.41, 5.74) is 1.68. The average molecular weight is 970 g/mol. The van der Waals surface area contributed by atoms with Crippen molar-refractivity contribution in [2.75, 3.05) is 0 Å².